The Bertz CT molecular complexity index is 860. The minimum atomic E-state index is -1.33. The molecule has 0 saturated heterocycles. The number of carbonyl (C=O) groups excluding carboxylic acids is 2. The number of ether oxygens (including phenoxy) is 2. The molecule has 2 N–H and O–H groups in total. The second-order valence-electron chi connectivity index (χ2n) is 5.38. The second kappa shape index (κ2) is 6.86. The maximum absolute atomic E-state index is 12.2. The van der Waals surface area contributed by atoms with Gasteiger partial charge in [-0.25, -0.2) is 9.59 Å². The van der Waals surface area contributed by atoms with Crippen molar-refractivity contribution in [2.75, 3.05) is 5.32 Å². The van der Waals surface area contributed by atoms with Crippen molar-refractivity contribution in [3.8, 4) is 5.75 Å². The van der Waals surface area contributed by atoms with Gasteiger partial charge < -0.3 is 19.9 Å². The molecule has 3 rings (SSSR count). The third kappa shape index (κ3) is 3.59. The third-order valence-corrected chi connectivity index (χ3v) is 3.90. The van der Waals surface area contributed by atoms with Crippen LogP contribution in [0, 0.1) is 6.92 Å². The van der Waals surface area contributed by atoms with Crippen molar-refractivity contribution in [2.45, 2.75) is 13.2 Å². The van der Waals surface area contributed by atoms with Crippen molar-refractivity contribution in [2.24, 2.45) is 0 Å². The van der Waals surface area contributed by atoms with Gasteiger partial charge in [-0.05, 0) is 31.2 Å². The summed E-state index contributed by atoms with van der Waals surface area (Å²) in [6, 6.07) is 13.1. The average molecular weight is 360 g/mol. The number of nitrogens with one attached hydrogen (secondary N) is 1. The first kappa shape index (κ1) is 16.9. The predicted octanol–water partition coefficient (Wildman–Crippen LogP) is 3.30. The molecule has 6 nitrogen and oxygen atoms in total. The zero-order chi connectivity index (χ0) is 18.0. The van der Waals surface area contributed by atoms with Gasteiger partial charge in [-0.1, -0.05) is 41.4 Å². The van der Waals surface area contributed by atoms with Crippen molar-refractivity contribution in [1.82, 2.24) is 0 Å². The van der Waals surface area contributed by atoms with Crippen LogP contribution in [0.1, 0.15) is 15.9 Å². The summed E-state index contributed by atoms with van der Waals surface area (Å²) in [5.41, 5.74) is 1.65. The van der Waals surface area contributed by atoms with E-state index in [0.29, 0.717) is 11.3 Å². The topological polar surface area (TPSA) is 84.9 Å². The van der Waals surface area contributed by atoms with Crippen LogP contribution in [-0.2, 0) is 14.3 Å². The fraction of sp³-hybridized carbons (Fsp3) is 0.111. The number of hydrogen-bond donors (Lipinski definition) is 2. The Morgan fingerprint density at radius 1 is 1.20 bits per heavy atom. The first-order chi connectivity index (χ1) is 12.0. The van der Waals surface area contributed by atoms with Crippen molar-refractivity contribution in [1.29, 1.82) is 0 Å². The number of phenolic OH excluding ortho intramolecular Hbond substituents is 1. The number of cyclic esters (lactones) is 1. The van der Waals surface area contributed by atoms with E-state index in [4.69, 9.17) is 21.1 Å². The monoisotopic (exact) mass is 359 g/mol. The lowest BCUT2D eigenvalue weighted by Crippen LogP contribution is -2.24. The quantitative estimate of drug-likeness (QED) is 0.643. The number of para-hydroxylation sites is 2. The molecule has 1 heterocycles. The molecule has 0 aromatic heterocycles. The van der Waals surface area contributed by atoms with Crippen molar-refractivity contribution >= 4 is 29.2 Å². The van der Waals surface area contributed by atoms with Crippen LogP contribution in [0.15, 0.2) is 59.3 Å². The van der Waals surface area contributed by atoms with Crippen LogP contribution in [0.5, 0.6) is 5.75 Å². The predicted molar refractivity (Wildman–Crippen MR) is 91.1 cm³/mol. The van der Waals surface area contributed by atoms with Crippen molar-refractivity contribution in [3.05, 3.63) is 70.4 Å². The van der Waals surface area contributed by atoms with Gasteiger partial charge in [0, 0.05) is 0 Å². The van der Waals surface area contributed by atoms with Gasteiger partial charge >= 0.3 is 11.9 Å². The van der Waals surface area contributed by atoms with Crippen molar-refractivity contribution in [3.63, 3.8) is 0 Å². The number of esters is 2. The summed E-state index contributed by atoms with van der Waals surface area (Å²) in [5.74, 6) is -1.54. The summed E-state index contributed by atoms with van der Waals surface area (Å²) in [6.07, 6.45) is -1.33. The van der Waals surface area contributed by atoms with Crippen LogP contribution < -0.4 is 5.32 Å². The Balaban J connectivity index is 1.80. The number of rotatable bonds is 4. The average Bonchev–Trinajstić information content (AvgIpc) is 2.85. The van der Waals surface area contributed by atoms with Crippen LogP contribution >= 0.6 is 11.6 Å². The zero-order valence-corrected chi connectivity index (χ0v) is 13.9. The van der Waals surface area contributed by atoms with Gasteiger partial charge in [0.15, 0.2) is 5.03 Å². The van der Waals surface area contributed by atoms with Gasteiger partial charge in [-0.15, -0.1) is 0 Å². The fourth-order valence-electron chi connectivity index (χ4n) is 2.20. The molecule has 0 spiro atoms. The number of anilines is 1. The van der Waals surface area contributed by atoms with E-state index in [1.165, 1.54) is 6.07 Å². The summed E-state index contributed by atoms with van der Waals surface area (Å²) in [4.78, 5) is 24.0. The fourth-order valence-corrected chi connectivity index (χ4v) is 2.38. The molecular formula is C18H14ClNO5. The first-order valence-electron chi connectivity index (χ1n) is 7.39. The minimum Gasteiger partial charge on any atom is -0.506 e. The molecule has 25 heavy (non-hydrogen) atoms. The highest BCUT2D eigenvalue weighted by atomic mass is 35.5. The molecular weight excluding hydrogens is 346 g/mol. The molecule has 0 bridgehead atoms. The largest absolute Gasteiger partial charge is 0.506 e. The number of aromatic hydroxyl groups is 1. The van der Waals surface area contributed by atoms with E-state index < -0.39 is 18.2 Å². The van der Waals surface area contributed by atoms with E-state index in [9.17, 15) is 14.7 Å². The molecule has 0 radical (unpaired) electrons. The molecule has 1 aliphatic rings. The lowest BCUT2D eigenvalue weighted by atomic mass is 10.1. The SMILES string of the molecule is Cc1ccc(C(=O)OC2OC(=O)C(Cl)=C2Nc2ccccc2O)cc1. The number of aryl methyl sites for hydroxylation is 1. The maximum Gasteiger partial charge on any atom is 0.355 e. The molecule has 1 atom stereocenters. The van der Waals surface area contributed by atoms with Gasteiger partial charge in [-0.2, -0.15) is 0 Å². The van der Waals surface area contributed by atoms with Crippen LogP contribution in [0.3, 0.4) is 0 Å². The van der Waals surface area contributed by atoms with Gasteiger partial charge in [0.05, 0.1) is 11.3 Å². The highest BCUT2D eigenvalue weighted by molar-refractivity contribution is 6.42. The highest BCUT2D eigenvalue weighted by Gasteiger charge is 2.37. The van der Waals surface area contributed by atoms with E-state index in [1.54, 1.807) is 42.5 Å². The van der Waals surface area contributed by atoms with Gasteiger partial charge in [0.1, 0.15) is 11.4 Å². The van der Waals surface area contributed by atoms with Gasteiger partial charge in [0.25, 0.3) is 6.29 Å². The molecule has 128 valence electrons. The standard InChI is InChI=1S/C18H14ClNO5/c1-10-6-8-11(9-7-10)16(22)24-18-15(14(19)17(23)25-18)20-12-4-2-3-5-13(12)21/h2-9,18,20-21H,1H3. The molecule has 1 aliphatic heterocycles. The second-order valence-corrected chi connectivity index (χ2v) is 5.76. The Morgan fingerprint density at radius 2 is 1.88 bits per heavy atom. The van der Waals surface area contributed by atoms with E-state index >= 15 is 0 Å². The Hall–Kier alpha value is -2.99. The minimum absolute atomic E-state index is 0.0497. The molecule has 0 amide bonds. The molecule has 0 fully saturated rings. The summed E-state index contributed by atoms with van der Waals surface area (Å²) < 4.78 is 10.2. The summed E-state index contributed by atoms with van der Waals surface area (Å²) in [6.45, 7) is 1.89. The summed E-state index contributed by atoms with van der Waals surface area (Å²) in [7, 11) is 0. The number of benzene rings is 2. The third-order valence-electron chi connectivity index (χ3n) is 3.54. The summed E-state index contributed by atoms with van der Waals surface area (Å²) in [5, 5.41) is 12.4. The van der Waals surface area contributed by atoms with Gasteiger partial charge in [0.2, 0.25) is 0 Å². The molecule has 2 aromatic rings. The maximum atomic E-state index is 12.2. The highest BCUT2D eigenvalue weighted by Crippen LogP contribution is 2.31. The number of hydrogen-bond acceptors (Lipinski definition) is 6. The van der Waals surface area contributed by atoms with E-state index in [1.807, 2.05) is 6.92 Å². The van der Waals surface area contributed by atoms with E-state index in [2.05, 4.69) is 5.32 Å². The normalized spacial score (nSPS) is 16.6. The smallest absolute Gasteiger partial charge is 0.355 e. The Morgan fingerprint density at radius 3 is 2.56 bits per heavy atom. The summed E-state index contributed by atoms with van der Waals surface area (Å²) >= 11 is 5.95. The van der Waals surface area contributed by atoms with E-state index in [0.717, 1.165) is 5.56 Å². The number of carbonyl (C=O) groups is 2. The Kier molecular flexibility index (Phi) is 4.63. The number of halogens is 1. The van der Waals surface area contributed by atoms with Gasteiger partial charge in [-0.3, -0.25) is 0 Å². The molecule has 0 saturated carbocycles. The lowest BCUT2D eigenvalue weighted by Gasteiger charge is -2.16. The Labute approximate surface area is 148 Å². The first-order valence-corrected chi connectivity index (χ1v) is 7.77. The van der Waals surface area contributed by atoms with Crippen LogP contribution in [0.4, 0.5) is 5.69 Å². The molecule has 2 aromatic carbocycles. The van der Waals surface area contributed by atoms with Crippen LogP contribution in [0.2, 0.25) is 0 Å². The zero-order valence-electron chi connectivity index (χ0n) is 13.2. The molecule has 0 aliphatic carbocycles. The lowest BCUT2D eigenvalue weighted by molar-refractivity contribution is -0.152. The van der Waals surface area contributed by atoms with E-state index in [-0.39, 0.29) is 16.5 Å². The molecule has 1 unspecified atom stereocenters. The van der Waals surface area contributed by atoms with Crippen LogP contribution in [-0.4, -0.2) is 23.3 Å². The number of phenols is 1. The van der Waals surface area contributed by atoms with Crippen LogP contribution in [0.25, 0.3) is 0 Å². The van der Waals surface area contributed by atoms with Crippen molar-refractivity contribution < 1.29 is 24.2 Å². The molecule has 7 heteroatoms.